The van der Waals surface area contributed by atoms with Crippen molar-refractivity contribution in [3.8, 4) is 0 Å². The van der Waals surface area contributed by atoms with Gasteiger partial charge in [-0.25, -0.2) is 0 Å². The molecule has 0 aromatic rings. The predicted octanol–water partition coefficient (Wildman–Crippen LogP) is 1.43. The fraction of sp³-hybridized carbons (Fsp3) is 0.889. The van der Waals surface area contributed by atoms with Crippen molar-refractivity contribution in [1.29, 1.82) is 0 Å². The zero-order chi connectivity index (χ0) is 11.9. The molecular formula is C9H17F3N2O. The van der Waals surface area contributed by atoms with E-state index < -0.39 is 12.6 Å². The van der Waals surface area contributed by atoms with Crippen molar-refractivity contribution in [3.63, 3.8) is 0 Å². The number of alkyl halides is 3. The Labute approximate surface area is 87.2 Å². The first-order chi connectivity index (χ1) is 6.85. The minimum absolute atomic E-state index is 0.0626. The summed E-state index contributed by atoms with van der Waals surface area (Å²) in [5.74, 6) is -0.178. The van der Waals surface area contributed by atoms with E-state index in [2.05, 4.69) is 5.32 Å². The van der Waals surface area contributed by atoms with Gasteiger partial charge in [-0.15, -0.1) is 0 Å². The smallest absolute Gasteiger partial charge is 0.356 e. The summed E-state index contributed by atoms with van der Waals surface area (Å²) in [5.41, 5.74) is 5.30. The third-order valence-corrected chi connectivity index (χ3v) is 1.90. The standard InChI is InChI=1S/C9H17F3N2O/c1-7(6-13)5-8(15)14-4-2-3-9(10,11)12/h7H,2-6,13H2,1H3,(H,14,15). The molecular weight excluding hydrogens is 209 g/mol. The van der Waals surface area contributed by atoms with Crippen LogP contribution in [0.1, 0.15) is 26.2 Å². The van der Waals surface area contributed by atoms with E-state index in [0.29, 0.717) is 6.54 Å². The second-order valence-corrected chi connectivity index (χ2v) is 3.61. The molecule has 0 aromatic heterocycles. The molecule has 1 atom stereocenters. The Morgan fingerprint density at radius 1 is 1.47 bits per heavy atom. The van der Waals surface area contributed by atoms with Crippen LogP contribution in [0, 0.1) is 5.92 Å². The van der Waals surface area contributed by atoms with Crippen molar-refractivity contribution >= 4 is 5.91 Å². The zero-order valence-corrected chi connectivity index (χ0v) is 8.73. The molecule has 90 valence electrons. The minimum atomic E-state index is -4.14. The number of amides is 1. The molecule has 0 rings (SSSR count). The molecule has 1 unspecified atom stereocenters. The average Bonchev–Trinajstić information content (AvgIpc) is 2.11. The molecule has 0 spiro atoms. The van der Waals surface area contributed by atoms with Gasteiger partial charge >= 0.3 is 6.18 Å². The van der Waals surface area contributed by atoms with Gasteiger partial charge in [-0.1, -0.05) is 6.92 Å². The second-order valence-electron chi connectivity index (χ2n) is 3.61. The van der Waals surface area contributed by atoms with E-state index in [1.165, 1.54) is 0 Å². The van der Waals surface area contributed by atoms with Gasteiger partial charge in [-0.3, -0.25) is 4.79 Å². The van der Waals surface area contributed by atoms with E-state index in [-0.39, 0.29) is 31.2 Å². The summed E-state index contributed by atoms with van der Waals surface area (Å²) in [6.45, 7) is 2.28. The fourth-order valence-electron chi connectivity index (χ4n) is 0.989. The number of carbonyl (C=O) groups excluding carboxylic acids is 1. The largest absolute Gasteiger partial charge is 0.389 e. The maximum Gasteiger partial charge on any atom is 0.389 e. The molecule has 1 amide bonds. The number of halogens is 3. The van der Waals surface area contributed by atoms with Crippen molar-refractivity contribution < 1.29 is 18.0 Å². The van der Waals surface area contributed by atoms with Gasteiger partial charge < -0.3 is 11.1 Å². The van der Waals surface area contributed by atoms with Gasteiger partial charge in [-0.2, -0.15) is 13.2 Å². The number of rotatable bonds is 6. The molecule has 0 saturated carbocycles. The van der Waals surface area contributed by atoms with E-state index in [1.54, 1.807) is 0 Å². The van der Waals surface area contributed by atoms with Crippen LogP contribution in [0.5, 0.6) is 0 Å². The van der Waals surface area contributed by atoms with Gasteiger partial charge in [0.2, 0.25) is 5.91 Å². The van der Waals surface area contributed by atoms with E-state index in [4.69, 9.17) is 5.73 Å². The van der Waals surface area contributed by atoms with Crippen molar-refractivity contribution in [1.82, 2.24) is 5.32 Å². The van der Waals surface area contributed by atoms with Crippen LogP contribution in [0.25, 0.3) is 0 Å². The molecule has 0 saturated heterocycles. The van der Waals surface area contributed by atoms with Crippen LogP contribution in [0.2, 0.25) is 0 Å². The number of nitrogens with two attached hydrogens (primary N) is 1. The first-order valence-electron chi connectivity index (χ1n) is 4.88. The second kappa shape index (κ2) is 6.66. The SMILES string of the molecule is CC(CN)CC(=O)NCCCC(F)(F)F. The molecule has 0 fully saturated rings. The van der Waals surface area contributed by atoms with Crippen LogP contribution in [0.15, 0.2) is 0 Å². The van der Waals surface area contributed by atoms with Crippen LogP contribution in [0.3, 0.4) is 0 Å². The van der Waals surface area contributed by atoms with E-state index in [0.717, 1.165) is 0 Å². The van der Waals surface area contributed by atoms with Gasteiger partial charge in [0, 0.05) is 19.4 Å². The van der Waals surface area contributed by atoms with Crippen LogP contribution in [-0.4, -0.2) is 25.2 Å². The van der Waals surface area contributed by atoms with Crippen LogP contribution in [-0.2, 0) is 4.79 Å². The summed E-state index contributed by atoms with van der Waals surface area (Å²) in [6.07, 6.45) is -4.82. The van der Waals surface area contributed by atoms with Crippen molar-refractivity contribution in [3.05, 3.63) is 0 Å². The molecule has 0 aliphatic heterocycles. The summed E-state index contributed by atoms with van der Waals surface area (Å²) in [6, 6.07) is 0. The molecule has 0 aliphatic rings. The lowest BCUT2D eigenvalue weighted by Crippen LogP contribution is -2.28. The van der Waals surface area contributed by atoms with Crippen molar-refractivity contribution in [2.24, 2.45) is 11.7 Å². The number of carbonyl (C=O) groups is 1. The number of hydrogen-bond acceptors (Lipinski definition) is 2. The highest BCUT2D eigenvalue weighted by Gasteiger charge is 2.25. The summed E-state index contributed by atoms with van der Waals surface area (Å²) in [4.78, 5) is 11.1. The molecule has 0 aromatic carbocycles. The molecule has 3 nitrogen and oxygen atoms in total. The van der Waals surface area contributed by atoms with Crippen molar-refractivity contribution in [2.45, 2.75) is 32.4 Å². The Morgan fingerprint density at radius 2 is 2.07 bits per heavy atom. The molecule has 0 bridgehead atoms. The topological polar surface area (TPSA) is 55.1 Å². The number of hydrogen-bond donors (Lipinski definition) is 2. The monoisotopic (exact) mass is 226 g/mol. The summed E-state index contributed by atoms with van der Waals surface area (Å²) < 4.78 is 35.1. The van der Waals surface area contributed by atoms with Gasteiger partial charge in [0.1, 0.15) is 0 Å². The van der Waals surface area contributed by atoms with Gasteiger partial charge in [-0.05, 0) is 18.9 Å². The number of nitrogens with one attached hydrogen (secondary N) is 1. The van der Waals surface area contributed by atoms with E-state index >= 15 is 0 Å². The molecule has 3 N–H and O–H groups in total. The maximum absolute atomic E-state index is 11.7. The lowest BCUT2D eigenvalue weighted by molar-refractivity contribution is -0.136. The Bertz CT molecular complexity index is 194. The van der Waals surface area contributed by atoms with E-state index in [1.807, 2.05) is 6.92 Å². The fourth-order valence-corrected chi connectivity index (χ4v) is 0.989. The Hall–Kier alpha value is -0.780. The van der Waals surface area contributed by atoms with Gasteiger partial charge in [0.15, 0.2) is 0 Å². The predicted molar refractivity (Wildman–Crippen MR) is 51.1 cm³/mol. The highest BCUT2D eigenvalue weighted by Crippen LogP contribution is 2.20. The lowest BCUT2D eigenvalue weighted by Gasteiger charge is -2.09. The van der Waals surface area contributed by atoms with Crippen LogP contribution in [0.4, 0.5) is 13.2 Å². The highest BCUT2D eigenvalue weighted by atomic mass is 19.4. The van der Waals surface area contributed by atoms with Crippen LogP contribution >= 0.6 is 0 Å². The average molecular weight is 226 g/mol. The summed E-state index contributed by atoms with van der Waals surface area (Å²) in [7, 11) is 0. The molecule has 6 heteroatoms. The highest BCUT2D eigenvalue weighted by molar-refractivity contribution is 5.76. The van der Waals surface area contributed by atoms with Gasteiger partial charge in [0.25, 0.3) is 0 Å². The van der Waals surface area contributed by atoms with E-state index in [9.17, 15) is 18.0 Å². The van der Waals surface area contributed by atoms with Crippen LogP contribution < -0.4 is 11.1 Å². The minimum Gasteiger partial charge on any atom is -0.356 e. The quantitative estimate of drug-likeness (QED) is 0.673. The maximum atomic E-state index is 11.7. The Kier molecular flexibility index (Phi) is 6.31. The van der Waals surface area contributed by atoms with Crippen molar-refractivity contribution in [2.75, 3.05) is 13.1 Å². The Morgan fingerprint density at radius 3 is 2.53 bits per heavy atom. The zero-order valence-electron chi connectivity index (χ0n) is 8.73. The molecule has 0 heterocycles. The summed E-state index contributed by atoms with van der Waals surface area (Å²) in [5, 5.41) is 2.43. The first kappa shape index (κ1) is 14.2. The first-order valence-corrected chi connectivity index (χ1v) is 4.88. The molecule has 0 aliphatic carbocycles. The third kappa shape index (κ3) is 9.52. The lowest BCUT2D eigenvalue weighted by atomic mass is 10.1. The summed E-state index contributed by atoms with van der Waals surface area (Å²) >= 11 is 0. The molecule has 15 heavy (non-hydrogen) atoms. The van der Waals surface area contributed by atoms with Gasteiger partial charge in [0.05, 0.1) is 0 Å². The third-order valence-electron chi connectivity index (χ3n) is 1.90. The Balaban J connectivity index is 3.48. The normalized spacial score (nSPS) is 13.7. The molecule has 0 radical (unpaired) electrons.